The first kappa shape index (κ1) is 21.9. The fourth-order valence-electron chi connectivity index (χ4n) is 5.00. The number of hydrogen-bond acceptors (Lipinski definition) is 5. The van der Waals surface area contributed by atoms with Crippen LogP contribution in [-0.4, -0.2) is 58.5 Å². The Morgan fingerprint density at radius 1 is 1.00 bits per heavy atom. The number of carbonyl (C=O) groups excluding carboxylic acids is 3. The summed E-state index contributed by atoms with van der Waals surface area (Å²) < 4.78 is 2.09. The number of piperazine rings is 1. The minimum Gasteiger partial charge on any atom is -0.339 e. The number of hydrogen-bond donors (Lipinski definition) is 2. The first-order valence-electron chi connectivity index (χ1n) is 11.5. The molecule has 1 aromatic heterocycles. The molecule has 5 rings (SSSR count). The summed E-state index contributed by atoms with van der Waals surface area (Å²) in [5, 5.41) is 5.10. The van der Waals surface area contributed by atoms with Crippen molar-refractivity contribution >= 4 is 34.8 Å². The summed E-state index contributed by atoms with van der Waals surface area (Å²) in [4.78, 5) is 46.3. The number of benzene rings is 2. The average molecular weight is 461 g/mol. The molecule has 9 nitrogen and oxygen atoms in total. The molecule has 0 spiro atoms. The molecule has 3 aromatic rings. The third kappa shape index (κ3) is 3.39. The van der Waals surface area contributed by atoms with Gasteiger partial charge in [-0.25, -0.2) is 9.78 Å². The molecular weight excluding hydrogens is 432 g/mol. The summed E-state index contributed by atoms with van der Waals surface area (Å²) in [6.07, 6.45) is 0. The van der Waals surface area contributed by atoms with Gasteiger partial charge in [-0.3, -0.25) is 14.9 Å². The molecule has 3 heterocycles. The lowest BCUT2D eigenvalue weighted by Crippen LogP contribution is -2.49. The summed E-state index contributed by atoms with van der Waals surface area (Å²) >= 11 is 0. The van der Waals surface area contributed by atoms with Gasteiger partial charge in [0.05, 0.1) is 11.0 Å². The van der Waals surface area contributed by atoms with Crippen LogP contribution < -0.4 is 15.5 Å². The molecule has 34 heavy (non-hydrogen) atoms. The van der Waals surface area contributed by atoms with Gasteiger partial charge < -0.3 is 19.7 Å². The number of nitrogens with one attached hydrogen (secondary N) is 2. The van der Waals surface area contributed by atoms with E-state index in [1.165, 1.54) is 0 Å². The number of rotatable bonds is 4. The number of imidazole rings is 1. The zero-order valence-electron chi connectivity index (χ0n) is 19.5. The maximum atomic E-state index is 13.2. The summed E-state index contributed by atoms with van der Waals surface area (Å²) in [7, 11) is 2.01. The fraction of sp³-hybridized carbons (Fsp3) is 0.360. The topological polar surface area (TPSA) is 99.6 Å². The first-order valence-corrected chi connectivity index (χ1v) is 11.5. The Morgan fingerprint density at radius 2 is 1.68 bits per heavy atom. The molecule has 2 saturated heterocycles. The molecule has 0 aliphatic carbocycles. The zero-order valence-corrected chi connectivity index (χ0v) is 19.5. The number of anilines is 1. The Labute approximate surface area is 197 Å². The van der Waals surface area contributed by atoms with Gasteiger partial charge in [-0.2, -0.15) is 0 Å². The van der Waals surface area contributed by atoms with E-state index in [0.29, 0.717) is 37.3 Å². The van der Waals surface area contributed by atoms with E-state index in [1.54, 1.807) is 24.3 Å². The average Bonchev–Trinajstić information content (AvgIpc) is 3.35. The third-order valence-corrected chi connectivity index (χ3v) is 6.96. The van der Waals surface area contributed by atoms with E-state index in [-0.39, 0.29) is 17.7 Å². The molecule has 2 aliphatic rings. The van der Waals surface area contributed by atoms with Crippen molar-refractivity contribution in [1.29, 1.82) is 0 Å². The molecular formula is C25H28N6O3. The highest BCUT2D eigenvalue weighted by molar-refractivity contribution is 6.07. The van der Waals surface area contributed by atoms with Crippen molar-refractivity contribution < 1.29 is 14.4 Å². The minimum atomic E-state index is -1.13. The number of para-hydroxylation sites is 2. The van der Waals surface area contributed by atoms with Gasteiger partial charge in [-0.05, 0) is 35.7 Å². The number of imide groups is 1. The molecule has 2 aromatic carbocycles. The minimum absolute atomic E-state index is 0.0466. The van der Waals surface area contributed by atoms with E-state index in [2.05, 4.69) is 26.2 Å². The van der Waals surface area contributed by atoms with Crippen LogP contribution in [-0.2, 0) is 17.4 Å². The van der Waals surface area contributed by atoms with Gasteiger partial charge in [-0.1, -0.05) is 38.1 Å². The second-order valence-electron chi connectivity index (χ2n) is 9.19. The highest BCUT2D eigenvalue weighted by Gasteiger charge is 2.50. The van der Waals surface area contributed by atoms with E-state index < -0.39 is 11.6 Å². The second kappa shape index (κ2) is 8.16. The normalized spacial score (nSPS) is 20.7. The van der Waals surface area contributed by atoms with Gasteiger partial charge in [0.1, 0.15) is 5.54 Å². The quantitative estimate of drug-likeness (QED) is 0.582. The van der Waals surface area contributed by atoms with Crippen molar-refractivity contribution in [3.63, 3.8) is 0 Å². The zero-order chi connectivity index (χ0) is 24.0. The van der Waals surface area contributed by atoms with E-state index in [1.807, 2.05) is 44.0 Å². The van der Waals surface area contributed by atoms with Gasteiger partial charge in [0.2, 0.25) is 5.95 Å². The van der Waals surface area contributed by atoms with Crippen molar-refractivity contribution in [2.45, 2.75) is 19.4 Å². The van der Waals surface area contributed by atoms with Crippen LogP contribution in [0.2, 0.25) is 0 Å². The van der Waals surface area contributed by atoms with Crippen LogP contribution >= 0.6 is 0 Å². The van der Waals surface area contributed by atoms with E-state index in [4.69, 9.17) is 4.98 Å². The van der Waals surface area contributed by atoms with E-state index >= 15 is 0 Å². The largest absolute Gasteiger partial charge is 0.339 e. The lowest BCUT2D eigenvalue weighted by molar-refractivity contribution is -0.125. The van der Waals surface area contributed by atoms with E-state index in [0.717, 1.165) is 17.0 Å². The number of aromatic nitrogens is 2. The summed E-state index contributed by atoms with van der Waals surface area (Å²) in [5.74, 6) is 0.337. The lowest BCUT2D eigenvalue weighted by Gasteiger charge is -2.35. The number of amides is 4. The SMILES string of the molecule is CC(C)C1(c2ccc(C(=O)N3CCN(c4nc5ccccc5n4C)CC3)cc2)NC(=O)NC1=O. The van der Waals surface area contributed by atoms with Crippen molar-refractivity contribution in [1.82, 2.24) is 25.1 Å². The predicted octanol–water partition coefficient (Wildman–Crippen LogP) is 2.23. The Kier molecular flexibility index (Phi) is 5.27. The van der Waals surface area contributed by atoms with Gasteiger partial charge in [0.15, 0.2) is 0 Å². The van der Waals surface area contributed by atoms with Crippen LogP contribution in [0.25, 0.3) is 11.0 Å². The number of nitrogens with zero attached hydrogens (tertiary/aromatic N) is 4. The molecule has 0 radical (unpaired) electrons. The maximum absolute atomic E-state index is 13.2. The van der Waals surface area contributed by atoms with Crippen LogP contribution in [0, 0.1) is 5.92 Å². The summed E-state index contributed by atoms with van der Waals surface area (Å²) in [5.41, 5.74) is 2.14. The van der Waals surface area contributed by atoms with Crippen molar-refractivity contribution in [3.05, 3.63) is 59.7 Å². The number of urea groups is 1. The Morgan fingerprint density at radius 3 is 2.26 bits per heavy atom. The molecule has 0 saturated carbocycles. The molecule has 1 atom stereocenters. The molecule has 176 valence electrons. The van der Waals surface area contributed by atoms with Gasteiger partial charge >= 0.3 is 6.03 Å². The standard InChI is InChI=1S/C25H28N6O3/c1-16(2)25(22(33)27-23(34)28-25)18-10-8-17(9-11-18)21(32)30-12-14-31(15-13-30)24-26-19-6-4-5-7-20(19)29(24)3/h4-11,16H,12-15H2,1-3H3,(H2,27,28,33,34). The molecule has 2 N–H and O–H groups in total. The van der Waals surface area contributed by atoms with Gasteiger partial charge in [0, 0.05) is 38.8 Å². The van der Waals surface area contributed by atoms with Crippen LogP contribution in [0.5, 0.6) is 0 Å². The Balaban J connectivity index is 1.29. The van der Waals surface area contributed by atoms with Crippen LogP contribution in [0.1, 0.15) is 29.8 Å². The smallest absolute Gasteiger partial charge is 0.322 e. The summed E-state index contributed by atoms with van der Waals surface area (Å²) in [6, 6.07) is 14.5. The predicted molar refractivity (Wildman–Crippen MR) is 128 cm³/mol. The molecule has 4 amide bonds. The van der Waals surface area contributed by atoms with Gasteiger partial charge in [-0.15, -0.1) is 0 Å². The number of fused-ring (bicyclic) bond motifs is 1. The van der Waals surface area contributed by atoms with Crippen LogP contribution in [0.3, 0.4) is 0 Å². The first-order chi connectivity index (χ1) is 16.3. The fourth-order valence-corrected chi connectivity index (χ4v) is 5.00. The van der Waals surface area contributed by atoms with Gasteiger partial charge in [0.25, 0.3) is 11.8 Å². The van der Waals surface area contributed by atoms with Crippen molar-refractivity contribution in [2.24, 2.45) is 13.0 Å². The lowest BCUT2D eigenvalue weighted by atomic mass is 9.79. The van der Waals surface area contributed by atoms with Crippen molar-refractivity contribution in [2.75, 3.05) is 31.1 Å². The van der Waals surface area contributed by atoms with Crippen molar-refractivity contribution in [3.8, 4) is 0 Å². The molecule has 0 bridgehead atoms. The molecule has 1 unspecified atom stereocenters. The number of carbonyl (C=O) groups is 3. The third-order valence-electron chi connectivity index (χ3n) is 6.96. The monoisotopic (exact) mass is 460 g/mol. The van der Waals surface area contributed by atoms with Crippen LogP contribution in [0.4, 0.5) is 10.7 Å². The Hall–Kier alpha value is -3.88. The second-order valence-corrected chi connectivity index (χ2v) is 9.19. The highest BCUT2D eigenvalue weighted by Crippen LogP contribution is 2.33. The highest BCUT2D eigenvalue weighted by atomic mass is 16.2. The van der Waals surface area contributed by atoms with Crippen LogP contribution in [0.15, 0.2) is 48.5 Å². The van der Waals surface area contributed by atoms with E-state index in [9.17, 15) is 14.4 Å². The maximum Gasteiger partial charge on any atom is 0.322 e. The summed E-state index contributed by atoms with van der Waals surface area (Å²) in [6.45, 7) is 6.35. The molecule has 2 fully saturated rings. The molecule has 9 heteroatoms. The Bertz CT molecular complexity index is 1270. The molecule has 2 aliphatic heterocycles. The number of aryl methyl sites for hydroxylation is 1.